The largest absolute Gasteiger partial charge is 0.307 e. The average molecular weight is 396 g/mol. The van der Waals surface area contributed by atoms with Crippen molar-refractivity contribution in [1.29, 1.82) is 0 Å². The summed E-state index contributed by atoms with van der Waals surface area (Å²) >= 11 is 0. The van der Waals surface area contributed by atoms with Crippen molar-refractivity contribution in [1.82, 2.24) is 0 Å². The quantitative estimate of drug-likeness (QED) is 0.369. The Kier molecular flexibility index (Phi) is 6.79. The highest BCUT2D eigenvalue weighted by Gasteiger charge is 2.42. The lowest BCUT2D eigenvalue weighted by Gasteiger charge is -2.22. The van der Waals surface area contributed by atoms with Gasteiger partial charge in [-0.15, -0.1) is 0 Å². The molecular weight excluding hydrogens is 369 g/mol. The second-order valence-corrected chi connectivity index (χ2v) is 7.66. The zero-order valence-corrected chi connectivity index (χ0v) is 17.0. The molecule has 3 aromatic carbocycles. The zero-order valence-electron chi connectivity index (χ0n) is 17.0. The van der Waals surface area contributed by atoms with Crippen LogP contribution in [0.3, 0.4) is 0 Å². The molecule has 0 saturated heterocycles. The Bertz CT molecular complexity index is 894. The molecule has 0 aliphatic carbocycles. The number of hydrogen-bond donors (Lipinski definition) is 0. The second-order valence-electron chi connectivity index (χ2n) is 7.66. The van der Waals surface area contributed by atoms with Gasteiger partial charge in [0, 0.05) is 5.56 Å². The van der Waals surface area contributed by atoms with Gasteiger partial charge < -0.3 is 0 Å². The molecule has 0 aliphatic heterocycles. The number of rotatable bonds is 8. The van der Waals surface area contributed by atoms with Gasteiger partial charge in [0.2, 0.25) is 0 Å². The van der Waals surface area contributed by atoms with Crippen LogP contribution in [0.15, 0.2) is 72.8 Å². The maximum atomic E-state index is 14.7. The molecule has 0 amide bonds. The van der Waals surface area contributed by atoms with Crippen molar-refractivity contribution in [2.24, 2.45) is 0 Å². The predicted octanol–water partition coefficient (Wildman–Crippen LogP) is 7.54. The van der Waals surface area contributed by atoms with Crippen molar-refractivity contribution >= 4 is 0 Å². The Morgan fingerprint density at radius 2 is 1.14 bits per heavy atom. The third kappa shape index (κ3) is 5.29. The Morgan fingerprint density at radius 3 is 1.66 bits per heavy atom. The molecule has 0 spiro atoms. The molecule has 152 valence electrons. The van der Waals surface area contributed by atoms with Crippen LogP contribution in [0, 0.1) is 6.92 Å². The summed E-state index contributed by atoms with van der Waals surface area (Å²) in [5.74, 6) is -3.56. The third-order valence-electron chi connectivity index (χ3n) is 5.29. The fraction of sp³-hybridized carbons (Fsp3) is 0.308. The minimum Gasteiger partial charge on any atom is -0.235 e. The van der Waals surface area contributed by atoms with Gasteiger partial charge in [-0.2, -0.15) is 8.78 Å². The summed E-state index contributed by atoms with van der Waals surface area (Å²) in [4.78, 5) is 0. The number of benzene rings is 3. The first-order chi connectivity index (χ1) is 13.9. The van der Waals surface area contributed by atoms with Crippen LogP contribution in [0.5, 0.6) is 0 Å². The Hall–Kier alpha value is -2.55. The van der Waals surface area contributed by atoms with Crippen molar-refractivity contribution in [3.63, 3.8) is 0 Å². The summed E-state index contributed by atoms with van der Waals surface area (Å²) in [6, 6.07) is 20.8. The van der Waals surface area contributed by atoms with E-state index in [1.165, 1.54) is 35.4 Å². The molecule has 0 saturated carbocycles. The molecular formula is C26H27F3. The van der Waals surface area contributed by atoms with Gasteiger partial charge in [-0.25, -0.2) is 4.39 Å². The molecule has 3 aromatic rings. The standard InChI is InChI=1S/C26H27F3/c1-3-4-20-13-17-24(18-14-20)26(28,29)25(27)23-15-11-22(12-16-23)10-9-21-7-5-19(2)6-8-21/h5-8,11-18,25H,3-4,9-10H2,1-2H3. The van der Waals surface area contributed by atoms with Crippen LogP contribution >= 0.6 is 0 Å². The van der Waals surface area contributed by atoms with Gasteiger partial charge in [0.1, 0.15) is 0 Å². The zero-order chi connectivity index (χ0) is 20.9. The van der Waals surface area contributed by atoms with Crippen LogP contribution in [0.4, 0.5) is 13.2 Å². The molecule has 29 heavy (non-hydrogen) atoms. The molecule has 0 bridgehead atoms. The van der Waals surface area contributed by atoms with Crippen LogP contribution in [-0.4, -0.2) is 0 Å². The molecule has 0 nitrogen and oxygen atoms in total. The summed E-state index contributed by atoms with van der Waals surface area (Å²) in [6.07, 6.45) is 1.05. The van der Waals surface area contributed by atoms with Gasteiger partial charge in [0.05, 0.1) is 0 Å². The molecule has 0 heterocycles. The number of hydrogen-bond acceptors (Lipinski definition) is 0. The third-order valence-corrected chi connectivity index (χ3v) is 5.29. The van der Waals surface area contributed by atoms with Crippen molar-refractivity contribution < 1.29 is 13.2 Å². The van der Waals surface area contributed by atoms with Crippen LogP contribution in [0.1, 0.15) is 52.9 Å². The monoisotopic (exact) mass is 396 g/mol. The Labute approximate surface area is 171 Å². The maximum Gasteiger partial charge on any atom is 0.307 e. The SMILES string of the molecule is CCCc1ccc(C(F)(F)C(F)c2ccc(CCc3ccc(C)cc3)cc2)cc1. The highest BCUT2D eigenvalue weighted by atomic mass is 19.3. The Balaban J connectivity index is 1.66. The summed E-state index contributed by atoms with van der Waals surface area (Å²) in [6.45, 7) is 4.08. The lowest BCUT2D eigenvalue weighted by Crippen LogP contribution is -2.21. The van der Waals surface area contributed by atoms with Gasteiger partial charge in [0.15, 0.2) is 6.17 Å². The Morgan fingerprint density at radius 1 is 0.690 bits per heavy atom. The van der Waals surface area contributed by atoms with Gasteiger partial charge >= 0.3 is 5.92 Å². The van der Waals surface area contributed by atoms with Crippen molar-refractivity contribution in [2.75, 3.05) is 0 Å². The van der Waals surface area contributed by atoms with Crippen LogP contribution in [0.2, 0.25) is 0 Å². The molecule has 0 aromatic heterocycles. The molecule has 0 N–H and O–H groups in total. The first-order valence-electron chi connectivity index (χ1n) is 10.2. The summed E-state index contributed by atoms with van der Waals surface area (Å²) in [5.41, 5.74) is 4.16. The van der Waals surface area contributed by atoms with Gasteiger partial charge in [-0.3, -0.25) is 0 Å². The number of halogens is 3. The lowest BCUT2D eigenvalue weighted by molar-refractivity contribution is -0.0809. The van der Waals surface area contributed by atoms with E-state index in [0.717, 1.165) is 36.8 Å². The maximum absolute atomic E-state index is 14.7. The smallest absolute Gasteiger partial charge is 0.235 e. The van der Waals surface area contributed by atoms with Crippen molar-refractivity contribution in [3.8, 4) is 0 Å². The van der Waals surface area contributed by atoms with Crippen LogP contribution < -0.4 is 0 Å². The lowest BCUT2D eigenvalue weighted by atomic mass is 9.95. The topological polar surface area (TPSA) is 0 Å². The summed E-state index contributed by atoms with van der Waals surface area (Å²) in [7, 11) is 0. The molecule has 0 fully saturated rings. The van der Waals surface area contributed by atoms with Crippen LogP contribution in [-0.2, 0) is 25.2 Å². The first-order valence-corrected chi connectivity index (χ1v) is 10.2. The summed E-state index contributed by atoms with van der Waals surface area (Å²) < 4.78 is 44.1. The number of aryl methyl sites for hydroxylation is 4. The minimum absolute atomic E-state index is 0.00622. The normalized spacial score (nSPS) is 12.7. The molecule has 1 unspecified atom stereocenters. The van der Waals surface area contributed by atoms with Crippen molar-refractivity contribution in [2.45, 2.75) is 51.6 Å². The van der Waals surface area contributed by atoms with E-state index in [-0.39, 0.29) is 11.1 Å². The van der Waals surface area contributed by atoms with E-state index in [4.69, 9.17) is 0 Å². The van der Waals surface area contributed by atoms with Gasteiger partial charge in [-0.1, -0.05) is 91.7 Å². The first kappa shape index (κ1) is 21.2. The molecule has 3 heteroatoms. The van der Waals surface area contributed by atoms with Crippen molar-refractivity contribution in [3.05, 3.63) is 106 Å². The van der Waals surface area contributed by atoms with E-state index in [1.54, 1.807) is 24.3 Å². The van der Waals surface area contributed by atoms with E-state index in [0.29, 0.717) is 0 Å². The van der Waals surface area contributed by atoms with E-state index in [9.17, 15) is 13.2 Å². The fourth-order valence-electron chi connectivity index (χ4n) is 3.43. The molecule has 3 rings (SSSR count). The van der Waals surface area contributed by atoms with Gasteiger partial charge in [0.25, 0.3) is 0 Å². The van der Waals surface area contributed by atoms with E-state index < -0.39 is 12.1 Å². The molecule has 0 aliphatic rings. The molecule has 1 atom stereocenters. The van der Waals surface area contributed by atoms with E-state index >= 15 is 0 Å². The highest BCUT2D eigenvalue weighted by Crippen LogP contribution is 2.43. The fourth-order valence-corrected chi connectivity index (χ4v) is 3.43. The van der Waals surface area contributed by atoms with E-state index in [2.05, 4.69) is 24.3 Å². The predicted molar refractivity (Wildman–Crippen MR) is 113 cm³/mol. The summed E-state index contributed by atoms with van der Waals surface area (Å²) in [5, 5.41) is 0. The second kappa shape index (κ2) is 9.30. The van der Waals surface area contributed by atoms with E-state index in [1.807, 2.05) is 13.8 Å². The van der Waals surface area contributed by atoms with Gasteiger partial charge in [-0.05, 0) is 48.4 Å². The minimum atomic E-state index is -3.56. The number of alkyl halides is 3. The average Bonchev–Trinajstić information content (AvgIpc) is 2.74. The molecule has 0 radical (unpaired) electrons. The highest BCUT2D eigenvalue weighted by molar-refractivity contribution is 5.32. The van der Waals surface area contributed by atoms with Crippen LogP contribution in [0.25, 0.3) is 0 Å².